The van der Waals surface area contributed by atoms with Crippen LogP contribution in [0.5, 0.6) is 0 Å². The van der Waals surface area contributed by atoms with E-state index in [1.54, 1.807) is 0 Å². The van der Waals surface area contributed by atoms with E-state index in [-0.39, 0.29) is 6.42 Å². The van der Waals surface area contributed by atoms with Crippen LogP contribution in [-0.2, 0) is 16.1 Å². The Labute approximate surface area is 150 Å². The minimum atomic E-state index is -2.14. The molecule has 2 N–H and O–H groups in total. The summed E-state index contributed by atoms with van der Waals surface area (Å²) in [5.74, 6) is -0.812. The van der Waals surface area contributed by atoms with Crippen molar-refractivity contribution in [2.45, 2.75) is 25.7 Å². The molecule has 0 aliphatic heterocycles. The molecule has 0 saturated carbocycles. The van der Waals surface area contributed by atoms with E-state index in [0.717, 1.165) is 16.5 Å². The molecule has 0 aromatic heterocycles. The Bertz CT molecular complexity index is 764. The van der Waals surface area contributed by atoms with E-state index < -0.39 is 17.2 Å². The number of aliphatic carboxylic acids is 1. The zero-order chi connectivity index (χ0) is 18.4. The SMILES string of the molecule is CN(C)c1cccc2c(N(CCCCCC(=O)O)S(=O)O)cccc12. The van der Waals surface area contributed by atoms with Gasteiger partial charge < -0.3 is 10.0 Å². The van der Waals surface area contributed by atoms with Crippen molar-refractivity contribution in [3.05, 3.63) is 36.4 Å². The summed E-state index contributed by atoms with van der Waals surface area (Å²) >= 11 is -2.14. The lowest BCUT2D eigenvalue weighted by atomic mass is 10.1. The largest absolute Gasteiger partial charge is 0.481 e. The average molecular weight is 364 g/mol. The van der Waals surface area contributed by atoms with Crippen LogP contribution in [0.25, 0.3) is 10.8 Å². The molecule has 136 valence electrons. The smallest absolute Gasteiger partial charge is 0.303 e. The number of fused-ring (bicyclic) bond motifs is 1. The molecule has 0 radical (unpaired) electrons. The second-order valence-electron chi connectivity index (χ2n) is 6.08. The van der Waals surface area contributed by atoms with Gasteiger partial charge in [-0.15, -0.1) is 0 Å². The Morgan fingerprint density at radius 1 is 1.00 bits per heavy atom. The molecule has 7 heteroatoms. The van der Waals surface area contributed by atoms with Gasteiger partial charge in [0, 0.05) is 43.5 Å². The van der Waals surface area contributed by atoms with Gasteiger partial charge in [-0.25, -0.2) is 4.21 Å². The van der Waals surface area contributed by atoms with Crippen LogP contribution in [-0.4, -0.2) is 40.5 Å². The van der Waals surface area contributed by atoms with Gasteiger partial charge in [0.2, 0.25) is 0 Å². The molecule has 0 heterocycles. The first-order valence-corrected chi connectivity index (χ1v) is 9.27. The molecule has 2 rings (SSSR count). The van der Waals surface area contributed by atoms with E-state index >= 15 is 0 Å². The quantitative estimate of drug-likeness (QED) is 0.526. The minimum Gasteiger partial charge on any atom is -0.481 e. The molecule has 0 spiro atoms. The van der Waals surface area contributed by atoms with Gasteiger partial charge >= 0.3 is 5.97 Å². The lowest BCUT2D eigenvalue weighted by Gasteiger charge is -2.23. The van der Waals surface area contributed by atoms with E-state index in [0.29, 0.717) is 31.5 Å². The van der Waals surface area contributed by atoms with Crippen molar-refractivity contribution in [3.63, 3.8) is 0 Å². The van der Waals surface area contributed by atoms with E-state index in [1.165, 1.54) is 4.31 Å². The van der Waals surface area contributed by atoms with Crippen molar-refractivity contribution in [1.29, 1.82) is 0 Å². The van der Waals surface area contributed by atoms with E-state index in [9.17, 15) is 13.6 Å². The van der Waals surface area contributed by atoms with Crippen LogP contribution in [0, 0.1) is 0 Å². The Balaban J connectivity index is 2.25. The number of rotatable bonds is 9. The summed E-state index contributed by atoms with van der Waals surface area (Å²) in [7, 11) is 3.93. The summed E-state index contributed by atoms with van der Waals surface area (Å²) in [6, 6.07) is 11.6. The summed E-state index contributed by atoms with van der Waals surface area (Å²) in [5.41, 5.74) is 1.75. The summed E-state index contributed by atoms with van der Waals surface area (Å²) in [5, 5.41) is 10.6. The molecule has 0 aliphatic rings. The lowest BCUT2D eigenvalue weighted by Crippen LogP contribution is -2.26. The van der Waals surface area contributed by atoms with Crippen LogP contribution >= 0.6 is 0 Å². The van der Waals surface area contributed by atoms with Crippen LogP contribution in [0.3, 0.4) is 0 Å². The van der Waals surface area contributed by atoms with Gasteiger partial charge in [-0.3, -0.25) is 13.7 Å². The Morgan fingerprint density at radius 2 is 1.60 bits per heavy atom. The Hall–Kier alpha value is -2.12. The van der Waals surface area contributed by atoms with Crippen LogP contribution in [0.4, 0.5) is 11.4 Å². The molecule has 2 aromatic carbocycles. The number of hydrogen-bond donors (Lipinski definition) is 2. The molecule has 0 amide bonds. The molecule has 0 bridgehead atoms. The molecule has 6 nitrogen and oxygen atoms in total. The van der Waals surface area contributed by atoms with E-state index in [4.69, 9.17) is 5.11 Å². The molecular formula is C18H24N2O4S. The maximum absolute atomic E-state index is 11.9. The van der Waals surface area contributed by atoms with Crippen molar-refractivity contribution in [2.24, 2.45) is 0 Å². The molecular weight excluding hydrogens is 340 g/mol. The van der Waals surface area contributed by atoms with Gasteiger partial charge in [0.05, 0.1) is 5.69 Å². The average Bonchev–Trinajstić information content (AvgIpc) is 2.56. The standard InChI is InChI=1S/C18H24N2O4S/c1-19(2)16-10-6-9-15-14(16)8-7-11-17(15)20(25(23)24)13-5-3-4-12-18(21)22/h6-11H,3-5,12-13H2,1-2H3,(H,21,22)(H,23,24). The predicted octanol–water partition coefficient (Wildman–Crippen LogP) is 3.49. The van der Waals surface area contributed by atoms with E-state index in [2.05, 4.69) is 0 Å². The number of hydrogen-bond acceptors (Lipinski definition) is 3. The van der Waals surface area contributed by atoms with Gasteiger partial charge in [-0.05, 0) is 25.0 Å². The highest BCUT2D eigenvalue weighted by Gasteiger charge is 2.16. The third-order valence-electron chi connectivity index (χ3n) is 4.07. The minimum absolute atomic E-state index is 0.128. The second kappa shape index (κ2) is 8.82. The van der Waals surface area contributed by atoms with Gasteiger partial charge in [0.1, 0.15) is 0 Å². The fourth-order valence-electron chi connectivity index (χ4n) is 2.88. The molecule has 0 aliphatic carbocycles. The maximum atomic E-state index is 11.9. The number of carbonyl (C=O) groups is 1. The van der Waals surface area contributed by atoms with Crippen LogP contribution in [0.15, 0.2) is 36.4 Å². The fourth-order valence-corrected chi connectivity index (χ4v) is 3.49. The number of benzene rings is 2. The normalized spacial score (nSPS) is 12.1. The molecule has 2 aromatic rings. The van der Waals surface area contributed by atoms with Gasteiger partial charge in [-0.2, -0.15) is 0 Å². The highest BCUT2D eigenvalue weighted by atomic mass is 32.2. The first-order valence-electron chi connectivity index (χ1n) is 8.21. The maximum Gasteiger partial charge on any atom is 0.303 e. The number of carboxylic acid groups (broad SMARTS) is 1. The third kappa shape index (κ3) is 4.93. The van der Waals surface area contributed by atoms with Crippen molar-refractivity contribution in [3.8, 4) is 0 Å². The van der Waals surface area contributed by atoms with Crippen molar-refractivity contribution < 1.29 is 18.7 Å². The van der Waals surface area contributed by atoms with Crippen LogP contribution in [0.2, 0.25) is 0 Å². The summed E-state index contributed by atoms with van der Waals surface area (Å²) in [4.78, 5) is 12.6. The molecule has 1 unspecified atom stereocenters. The summed E-state index contributed by atoms with van der Waals surface area (Å²) in [6.07, 6.45) is 2.06. The third-order valence-corrected chi connectivity index (χ3v) is 4.82. The summed E-state index contributed by atoms with van der Waals surface area (Å²) < 4.78 is 23.1. The lowest BCUT2D eigenvalue weighted by molar-refractivity contribution is -0.137. The number of unbranched alkanes of at least 4 members (excludes halogenated alkanes) is 2. The van der Waals surface area contributed by atoms with Gasteiger partial charge in [0.25, 0.3) is 11.3 Å². The predicted molar refractivity (Wildman–Crippen MR) is 102 cm³/mol. The molecule has 25 heavy (non-hydrogen) atoms. The highest BCUT2D eigenvalue weighted by molar-refractivity contribution is 7.80. The zero-order valence-corrected chi connectivity index (χ0v) is 15.3. The van der Waals surface area contributed by atoms with Crippen LogP contribution in [0.1, 0.15) is 25.7 Å². The Morgan fingerprint density at radius 3 is 2.16 bits per heavy atom. The topological polar surface area (TPSA) is 81.1 Å². The van der Waals surface area contributed by atoms with Gasteiger partial charge in [-0.1, -0.05) is 30.7 Å². The van der Waals surface area contributed by atoms with E-state index in [1.807, 2.05) is 55.4 Å². The Kier molecular flexibility index (Phi) is 6.78. The van der Waals surface area contributed by atoms with Crippen molar-refractivity contribution in [2.75, 3.05) is 29.8 Å². The zero-order valence-electron chi connectivity index (χ0n) is 14.5. The second-order valence-corrected chi connectivity index (χ2v) is 6.98. The first-order chi connectivity index (χ1) is 11.9. The first kappa shape index (κ1) is 19.2. The molecule has 0 saturated heterocycles. The molecule has 0 fully saturated rings. The number of nitrogens with zero attached hydrogens (tertiary/aromatic N) is 2. The highest BCUT2D eigenvalue weighted by Crippen LogP contribution is 2.33. The van der Waals surface area contributed by atoms with Crippen molar-refractivity contribution >= 4 is 39.4 Å². The van der Waals surface area contributed by atoms with Crippen LogP contribution < -0.4 is 9.21 Å². The number of carboxylic acids is 1. The summed E-state index contributed by atoms with van der Waals surface area (Å²) in [6.45, 7) is 0.397. The van der Waals surface area contributed by atoms with Crippen molar-refractivity contribution in [1.82, 2.24) is 0 Å². The van der Waals surface area contributed by atoms with Gasteiger partial charge in [0.15, 0.2) is 0 Å². The fraction of sp³-hybridized carbons (Fsp3) is 0.389. The molecule has 1 atom stereocenters. The number of anilines is 2. The monoisotopic (exact) mass is 364 g/mol.